The van der Waals surface area contributed by atoms with Crippen molar-refractivity contribution >= 4 is 17.7 Å². The highest BCUT2D eigenvalue weighted by Crippen LogP contribution is 2.50. The topological polar surface area (TPSA) is 73.1 Å². The van der Waals surface area contributed by atoms with Crippen LogP contribution in [-0.2, 0) is 11.2 Å². The molecule has 0 spiro atoms. The lowest BCUT2D eigenvalue weighted by atomic mass is 9.63. The van der Waals surface area contributed by atoms with Gasteiger partial charge in [-0.05, 0) is 35.8 Å². The zero-order chi connectivity index (χ0) is 17.6. The smallest absolute Gasteiger partial charge is 0.234 e. The molecule has 6 heteroatoms. The largest absolute Gasteiger partial charge is 0.392 e. The van der Waals surface area contributed by atoms with Crippen LogP contribution in [0, 0.1) is 29.0 Å². The maximum Gasteiger partial charge on any atom is 0.234 e. The number of aliphatic hydroxyl groups excluding tert-OH is 1. The average Bonchev–Trinajstić information content (AvgIpc) is 3.08. The maximum absolute atomic E-state index is 14.4. The summed E-state index contributed by atoms with van der Waals surface area (Å²) in [5, 5.41) is 24.4. The quantitative estimate of drug-likeness (QED) is 0.852. The van der Waals surface area contributed by atoms with Gasteiger partial charge in [0.2, 0.25) is 5.91 Å². The van der Waals surface area contributed by atoms with Gasteiger partial charge in [-0.25, -0.2) is 4.39 Å². The lowest BCUT2D eigenvalue weighted by molar-refractivity contribution is -0.126. The molecule has 6 unspecified atom stereocenters. The molecule has 0 aromatic heterocycles. The molecule has 0 radical (unpaired) electrons. The molecule has 3 aliphatic rings. The van der Waals surface area contributed by atoms with E-state index in [1.807, 2.05) is 17.5 Å². The number of nitriles is 1. The first-order valence-corrected chi connectivity index (χ1v) is 9.50. The molecular weight excluding hydrogens is 339 g/mol. The Balaban J connectivity index is 1.72. The van der Waals surface area contributed by atoms with Crippen molar-refractivity contribution in [3.63, 3.8) is 0 Å². The summed E-state index contributed by atoms with van der Waals surface area (Å²) in [6.45, 7) is 0. The number of thioether (sulfide) groups is 1. The minimum Gasteiger partial charge on any atom is -0.392 e. The van der Waals surface area contributed by atoms with Crippen LogP contribution in [0.2, 0.25) is 0 Å². The highest BCUT2D eigenvalue weighted by Gasteiger charge is 2.51. The number of hydrogen-bond acceptors (Lipinski definition) is 4. The number of carbonyl (C=O) groups excluding carboxylic acids is 1. The highest BCUT2D eigenvalue weighted by atomic mass is 32.2. The third-order valence-corrected chi connectivity index (χ3v) is 6.84. The Morgan fingerprint density at radius 2 is 2.24 bits per heavy atom. The van der Waals surface area contributed by atoms with E-state index >= 15 is 0 Å². The van der Waals surface area contributed by atoms with Crippen molar-refractivity contribution in [3.05, 3.63) is 46.6 Å². The summed E-state index contributed by atoms with van der Waals surface area (Å²) in [5.74, 6) is -0.446. The van der Waals surface area contributed by atoms with Gasteiger partial charge < -0.3 is 10.4 Å². The summed E-state index contributed by atoms with van der Waals surface area (Å²) in [6.07, 6.45) is 2.87. The molecule has 2 heterocycles. The molecule has 1 saturated heterocycles. The molecule has 25 heavy (non-hydrogen) atoms. The van der Waals surface area contributed by atoms with E-state index in [2.05, 4.69) is 11.4 Å². The van der Waals surface area contributed by atoms with Crippen molar-refractivity contribution in [1.82, 2.24) is 5.32 Å². The molecule has 2 N–H and O–H groups in total. The Bertz CT molecular complexity index is 775. The number of amides is 1. The van der Waals surface area contributed by atoms with Gasteiger partial charge in [-0.2, -0.15) is 5.26 Å². The maximum atomic E-state index is 14.4. The standard InChI is InChI=1S/C19H19FN2O2S/c20-13-9-11(2-1-10(13)5-7-21)16-15(23)4-3-14-17(16)12-6-8-25-18(12)19(24)22-14/h1-2,6,8-9,12,14-18,23H,3-5H2,(H,22,24). The number of piperidine rings is 1. The van der Waals surface area contributed by atoms with Crippen molar-refractivity contribution in [2.75, 3.05) is 0 Å². The number of rotatable bonds is 2. The molecule has 130 valence electrons. The molecule has 1 aliphatic carbocycles. The Kier molecular flexibility index (Phi) is 4.30. The predicted molar refractivity (Wildman–Crippen MR) is 93.1 cm³/mol. The van der Waals surface area contributed by atoms with E-state index in [0.29, 0.717) is 12.0 Å². The number of aliphatic hydroxyl groups is 1. The van der Waals surface area contributed by atoms with E-state index in [0.717, 1.165) is 12.0 Å². The van der Waals surface area contributed by atoms with Gasteiger partial charge in [-0.1, -0.05) is 18.2 Å². The van der Waals surface area contributed by atoms with Crippen molar-refractivity contribution in [2.45, 2.75) is 42.6 Å². The third-order valence-electron chi connectivity index (χ3n) is 5.70. The number of fused-ring (bicyclic) bond motifs is 3. The van der Waals surface area contributed by atoms with Gasteiger partial charge in [0.05, 0.1) is 23.8 Å². The summed E-state index contributed by atoms with van der Waals surface area (Å²) in [7, 11) is 0. The lowest BCUT2D eigenvalue weighted by Gasteiger charge is -2.48. The zero-order valence-electron chi connectivity index (χ0n) is 13.6. The lowest BCUT2D eigenvalue weighted by Crippen LogP contribution is -2.59. The van der Waals surface area contributed by atoms with Gasteiger partial charge in [-0.15, -0.1) is 11.8 Å². The molecular formula is C19H19FN2O2S. The Morgan fingerprint density at radius 3 is 3.00 bits per heavy atom. The first-order valence-electron chi connectivity index (χ1n) is 8.56. The van der Waals surface area contributed by atoms with Gasteiger partial charge in [0.25, 0.3) is 0 Å². The SMILES string of the molecule is N#CCc1ccc(C2C(O)CCC3NC(=O)C4SC=CC4C32)cc1F. The fraction of sp³-hybridized carbons (Fsp3) is 0.474. The average molecular weight is 358 g/mol. The summed E-state index contributed by atoms with van der Waals surface area (Å²) < 4.78 is 14.4. The highest BCUT2D eigenvalue weighted by molar-refractivity contribution is 8.03. The van der Waals surface area contributed by atoms with Gasteiger partial charge in [0, 0.05) is 23.4 Å². The Morgan fingerprint density at radius 1 is 1.40 bits per heavy atom. The molecule has 1 amide bonds. The monoisotopic (exact) mass is 358 g/mol. The Hall–Kier alpha value is -1.84. The number of nitrogens with zero attached hydrogens (tertiary/aromatic N) is 1. The van der Waals surface area contributed by atoms with E-state index in [-0.39, 0.29) is 41.4 Å². The molecule has 0 bridgehead atoms. The van der Waals surface area contributed by atoms with Crippen LogP contribution in [0.25, 0.3) is 0 Å². The van der Waals surface area contributed by atoms with Crippen LogP contribution in [0.15, 0.2) is 29.7 Å². The van der Waals surface area contributed by atoms with Crippen molar-refractivity contribution in [3.8, 4) is 6.07 Å². The zero-order valence-corrected chi connectivity index (χ0v) is 14.4. The van der Waals surface area contributed by atoms with Crippen LogP contribution in [0.4, 0.5) is 4.39 Å². The van der Waals surface area contributed by atoms with Crippen LogP contribution in [0.5, 0.6) is 0 Å². The van der Waals surface area contributed by atoms with Crippen molar-refractivity contribution in [2.24, 2.45) is 11.8 Å². The molecule has 4 rings (SSSR count). The van der Waals surface area contributed by atoms with Crippen molar-refractivity contribution < 1.29 is 14.3 Å². The predicted octanol–water partition coefficient (Wildman–Crippen LogP) is 2.49. The van der Waals surface area contributed by atoms with Gasteiger partial charge in [0.15, 0.2) is 0 Å². The number of carbonyl (C=O) groups is 1. The summed E-state index contributed by atoms with van der Waals surface area (Å²) in [6, 6.07) is 6.89. The second-order valence-corrected chi connectivity index (χ2v) is 8.06. The molecule has 2 fully saturated rings. The van der Waals surface area contributed by atoms with E-state index < -0.39 is 11.9 Å². The summed E-state index contributed by atoms with van der Waals surface area (Å²) >= 11 is 1.52. The first kappa shape index (κ1) is 16.6. The van der Waals surface area contributed by atoms with Crippen LogP contribution in [-0.4, -0.2) is 28.4 Å². The normalized spacial score (nSPS) is 36.3. The van der Waals surface area contributed by atoms with E-state index in [1.54, 1.807) is 6.07 Å². The Labute approximate surface area is 150 Å². The van der Waals surface area contributed by atoms with Crippen LogP contribution in [0.3, 0.4) is 0 Å². The van der Waals surface area contributed by atoms with E-state index in [4.69, 9.17) is 5.26 Å². The minimum absolute atomic E-state index is 0.00680. The fourth-order valence-electron chi connectivity index (χ4n) is 4.59. The summed E-state index contributed by atoms with van der Waals surface area (Å²) in [5.41, 5.74) is 1.13. The van der Waals surface area contributed by atoms with E-state index in [1.165, 1.54) is 17.8 Å². The number of nitrogens with one attached hydrogen (secondary N) is 1. The summed E-state index contributed by atoms with van der Waals surface area (Å²) in [4.78, 5) is 12.3. The van der Waals surface area contributed by atoms with E-state index in [9.17, 15) is 14.3 Å². The van der Waals surface area contributed by atoms with Crippen LogP contribution in [0.1, 0.15) is 29.9 Å². The number of allylic oxidation sites excluding steroid dienone is 1. The van der Waals surface area contributed by atoms with Gasteiger partial charge in [-0.3, -0.25) is 4.79 Å². The number of benzene rings is 1. The number of hydrogen-bond donors (Lipinski definition) is 2. The van der Waals surface area contributed by atoms with Crippen LogP contribution >= 0.6 is 11.8 Å². The number of halogens is 1. The third kappa shape index (κ3) is 2.76. The molecule has 4 nitrogen and oxygen atoms in total. The fourth-order valence-corrected chi connectivity index (χ4v) is 5.68. The second kappa shape index (κ2) is 6.47. The van der Waals surface area contributed by atoms with Crippen molar-refractivity contribution in [1.29, 1.82) is 5.26 Å². The molecule has 1 saturated carbocycles. The molecule has 6 atom stereocenters. The molecule has 1 aromatic rings. The minimum atomic E-state index is -0.558. The van der Waals surface area contributed by atoms with Gasteiger partial charge in [0.1, 0.15) is 5.82 Å². The molecule has 1 aromatic carbocycles. The van der Waals surface area contributed by atoms with Crippen LogP contribution < -0.4 is 5.32 Å². The first-order chi connectivity index (χ1) is 12.1. The van der Waals surface area contributed by atoms with Gasteiger partial charge >= 0.3 is 0 Å². The second-order valence-electron chi connectivity index (χ2n) is 7.01. The molecule has 2 aliphatic heterocycles.